The van der Waals surface area contributed by atoms with Gasteiger partial charge in [-0.25, -0.2) is 4.79 Å². The zero-order valence-corrected chi connectivity index (χ0v) is 10.7. The maximum absolute atomic E-state index is 11.9. The maximum Gasteiger partial charge on any atom is 0.338 e. The van der Waals surface area contributed by atoms with E-state index < -0.39 is 5.97 Å². The van der Waals surface area contributed by atoms with Crippen LogP contribution in [0.25, 0.3) is 0 Å². The number of amidine groups is 1. The van der Waals surface area contributed by atoms with Crippen molar-refractivity contribution < 1.29 is 14.7 Å². The zero-order valence-electron chi connectivity index (χ0n) is 10.7. The molecule has 2 aromatic carbocycles. The molecule has 0 atom stereocenters. The predicted octanol–water partition coefficient (Wildman–Crippen LogP) is 2.35. The summed E-state index contributed by atoms with van der Waals surface area (Å²) in [7, 11) is 0. The number of rotatable bonds is 4. The van der Waals surface area contributed by atoms with Crippen molar-refractivity contribution in [3.05, 3.63) is 71.3 Å². The Morgan fingerprint density at radius 2 is 1.80 bits per heavy atom. The van der Waals surface area contributed by atoms with Crippen molar-refractivity contribution in [2.75, 3.05) is 0 Å². The number of carbonyl (C=O) groups excluding carboxylic acids is 1. The van der Waals surface area contributed by atoms with E-state index in [1.807, 2.05) is 30.3 Å². The van der Waals surface area contributed by atoms with Gasteiger partial charge in [0.25, 0.3) is 0 Å². The largest absolute Gasteiger partial charge is 0.457 e. The molecule has 0 saturated carbocycles. The van der Waals surface area contributed by atoms with Gasteiger partial charge in [-0.05, 0) is 17.7 Å². The number of hydrogen-bond donors (Lipinski definition) is 3. The molecule has 0 aromatic heterocycles. The fourth-order valence-corrected chi connectivity index (χ4v) is 1.67. The first kappa shape index (κ1) is 13.8. The van der Waals surface area contributed by atoms with E-state index >= 15 is 0 Å². The van der Waals surface area contributed by atoms with Crippen LogP contribution in [0.5, 0.6) is 0 Å². The van der Waals surface area contributed by atoms with Gasteiger partial charge < -0.3 is 4.74 Å². The van der Waals surface area contributed by atoms with Gasteiger partial charge >= 0.3 is 5.97 Å². The predicted molar refractivity (Wildman–Crippen MR) is 73.8 cm³/mol. The monoisotopic (exact) mass is 270 g/mol. The lowest BCUT2D eigenvalue weighted by Crippen LogP contribution is -2.19. The molecule has 0 radical (unpaired) electrons. The number of benzene rings is 2. The van der Waals surface area contributed by atoms with Crippen molar-refractivity contribution in [2.45, 2.75) is 6.61 Å². The fraction of sp³-hybridized carbons (Fsp3) is 0.0667. The fourth-order valence-electron chi connectivity index (χ4n) is 1.67. The minimum absolute atomic E-state index is 0.178. The van der Waals surface area contributed by atoms with E-state index in [-0.39, 0.29) is 12.4 Å². The normalized spacial score (nSPS) is 9.85. The summed E-state index contributed by atoms with van der Waals surface area (Å²) in [5, 5.41) is 16.1. The minimum Gasteiger partial charge on any atom is -0.457 e. The molecule has 20 heavy (non-hydrogen) atoms. The summed E-state index contributed by atoms with van der Waals surface area (Å²) in [6.45, 7) is 0.194. The van der Waals surface area contributed by atoms with E-state index in [0.29, 0.717) is 11.1 Å². The van der Waals surface area contributed by atoms with Gasteiger partial charge in [0.05, 0.1) is 5.56 Å². The van der Waals surface area contributed by atoms with E-state index in [1.54, 1.807) is 23.7 Å². The van der Waals surface area contributed by atoms with E-state index in [9.17, 15) is 4.79 Å². The molecule has 0 heterocycles. The Labute approximate surface area is 116 Å². The summed E-state index contributed by atoms with van der Waals surface area (Å²) in [5.74, 6) is -0.649. The Balaban J connectivity index is 2.04. The standard InChI is InChI=1S/C15H14N2O3/c16-14(17-19)12-7-4-8-13(9-12)15(18)20-10-11-5-2-1-3-6-11/h1-9,19H,10H2,(H2,16,17). The number of ether oxygens (including phenoxy) is 1. The van der Waals surface area contributed by atoms with Gasteiger partial charge in [-0.2, -0.15) is 0 Å². The lowest BCUT2D eigenvalue weighted by Gasteiger charge is -2.07. The van der Waals surface area contributed by atoms with E-state index in [0.717, 1.165) is 5.56 Å². The average Bonchev–Trinajstić information content (AvgIpc) is 2.53. The molecule has 5 heteroatoms. The second-order valence-electron chi connectivity index (χ2n) is 4.13. The second kappa shape index (κ2) is 6.49. The van der Waals surface area contributed by atoms with Crippen LogP contribution in [0.3, 0.4) is 0 Å². The van der Waals surface area contributed by atoms with Gasteiger partial charge in [-0.1, -0.05) is 42.5 Å². The highest BCUT2D eigenvalue weighted by molar-refractivity contribution is 5.98. The van der Waals surface area contributed by atoms with Crippen LogP contribution in [-0.4, -0.2) is 17.0 Å². The third-order valence-corrected chi connectivity index (χ3v) is 2.71. The van der Waals surface area contributed by atoms with Gasteiger partial charge in [0, 0.05) is 5.56 Å². The summed E-state index contributed by atoms with van der Waals surface area (Å²) >= 11 is 0. The van der Waals surface area contributed by atoms with Crippen LogP contribution in [0.15, 0.2) is 54.6 Å². The smallest absolute Gasteiger partial charge is 0.338 e. The van der Waals surface area contributed by atoms with Gasteiger partial charge in [0.1, 0.15) is 12.4 Å². The van der Waals surface area contributed by atoms with Crippen LogP contribution < -0.4 is 5.48 Å². The van der Waals surface area contributed by atoms with Crippen LogP contribution in [-0.2, 0) is 11.3 Å². The number of esters is 1. The maximum atomic E-state index is 11.9. The van der Waals surface area contributed by atoms with Gasteiger partial charge in [-0.3, -0.25) is 16.1 Å². The van der Waals surface area contributed by atoms with Crippen LogP contribution in [0.2, 0.25) is 0 Å². The zero-order chi connectivity index (χ0) is 14.4. The third-order valence-electron chi connectivity index (χ3n) is 2.71. The Morgan fingerprint density at radius 1 is 1.10 bits per heavy atom. The van der Waals surface area contributed by atoms with Crippen molar-refractivity contribution in [1.29, 1.82) is 5.41 Å². The Hall–Kier alpha value is -2.66. The number of hydrogen-bond acceptors (Lipinski definition) is 4. The number of hydroxylamine groups is 1. The van der Waals surface area contributed by atoms with Crippen molar-refractivity contribution in [1.82, 2.24) is 5.48 Å². The van der Waals surface area contributed by atoms with Gasteiger partial charge in [0.15, 0.2) is 0 Å². The molecule has 0 aliphatic rings. The highest BCUT2D eigenvalue weighted by Gasteiger charge is 2.09. The second-order valence-corrected chi connectivity index (χ2v) is 4.13. The third kappa shape index (κ3) is 3.43. The molecule has 5 nitrogen and oxygen atoms in total. The molecule has 0 saturated heterocycles. The molecule has 0 bridgehead atoms. The molecule has 0 aliphatic carbocycles. The SMILES string of the molecule is N=C(NO)c1cccc(C(=O)OCc2ccccc2)c1. The van der Waals surface area contributed by atoms with E-state index in [4.69, 9.17) is 15.4 Å². The first-order valence-corrected chi connectivity index (χ1v) is 6.01. The van der Waals surface area contributed by atoms with Gasteiger partial charge in [-0.15, -0.1) is 0 Å². The molecular weight excluding hydrogens is 256 g/mol. The Kier molecular flexibility index (Phi) is 4.47. The van der Waals surface area contributed by atoms with Crippen molar-refractivity contribution >= 4 is 11.8 Å². The molecule has 2 rings (SSSR count). The quantitative estimate of drug-likeness (QED) is 0.345. The molecule has 0 spiro atoms. The highest BCUT2D eigenvalue weighted by Crippen LogP contribution is 2.09. The molecule has 0 unspecified atom stereocenters. The first-order valence-electron chi connectivity index (χ1n) is 6.01. The highest BCUT2D eigenvalue weighted by atomic mass is 16.5. The summed E-state index contributed by atoms with van der Waals surface area (Å²) in [4.78, 5) is 11.9. The van der Waals surface area contributed by atoms with E-state index in [2.05, 4.69) is 0 Å². The van der Waals surface area contributed by atoms with Crippen LogP contribution in [0, 0.1) is 5.41 Å². The number of carbonyl (C=O) groups is 1. The molecule has 0 amide bonds. The first-order chi connectivity index (χ1) is 9.70. The number of nitrogens with one attached hydrogen (secondary N) is 2. The summed E-state index contributed by atoms with van der Waals surface area (Å²) < 4.78 is 5.19. The average molecular weight is 270 g/mol. The topological polar surface area (TPSA) is 82.4 Å². The van der Waals surface area contributed by atoms with Crippen LogP contribution in [0.1, 0.15) is 21.5 Å². The summed E-state index contributed by atoms with van der Waals surface area (Å²) in [6, 6.07) is 15.7. The van der Waals surface area contributed by atoms with E-state index in [1.165, 1.54) is 6.07 Å². The lowest BCUT2D eigenvalue weighted by molar-refractivity contribution is 0.0472. The minimum atomic E-state index is -0.471. The van der Waals surface area contributed by atoms with Gasteiger partial charge in [0.2, 0.25) is 0 Å². The Morgan fingerprint density at radius 3 is 2.50 bits per heavy atom. The summed E-state index contributed by atoms with van der Waals surface area (Å²) in [5.41, 5.74) is 3.38. The van der Waals surface area contributed by atoms with Crippen molar-refractivity contribution in [3.8, 4) is 0 Å². The molecule has 2 aromatic rings. The molecule has 0 aliphatic heterocycles. The molecule has 0 fully saturated rings. The van der Waals surface area contributed by atoms with Crippen molar-refractivity contribution in [3.63, 3.8) is 0 Å². The summed E-state index contributed by atoms with van der Waals surface area (Å²) in [6.07, 6.45) is 0. The lowest BCUT2D eigenvalue weighted by atomic mass is 10.1. The van der Waals surface area contributed by atoms with Crippen LogP contribution in [0.4, 0.5) is 0 Å². The molecular formula is C15H14N2O3. The molecule has 102 valence electrons. The Bertz CT molecular complexity index is 612. The van der Waals surface area contributed by atoms with Crippen LogP contribution >= 0.6 is 0 Å². The van der Waals surface area contributed by atoms with Crippen molar-refractivity contribution in [2.24, 2.45) is 0 Å². The molecule has 3 N–H and O–H groups in total.